The number of rotatable bonds is 6. The van der Waals surface area contributed by atoms with E-state index in [-0.39, 0.29) is 17.1 Å². The lowest BCUT2D eigenvalue weighted by molar-refractivity contribution is 0.163. The van der Waals surface area contributed by atoms with Gasteiger partial charge >= 0.3 is 6.09 Å². The summed E-state index contributed by atoms with van der Waals surface area (Å²) in [5.41, 5.74) is 0.667. The Morgan fingerprint density at radius 2 is 1.75 bits per heavy atom. The Hall–Kier alpha value is -0.473. The Morgan fingerprint density at radius 1 is 1.18 bits per heavy atom. The van der Waals surface area contributed by atoms with Gasteiger partial charge in [0.2, 0.25) is 3.79 Å². The first kappa shape index (κ1) is 25.6. The minimum atomic E-state index is -1.87. The van der Waals surface area contributed by atoms with E-state index in [0.29, 0.717) is 19.0 Å². The SMILES string of the molecule is CC(C)(C)c1cc(NC(=O)OCC(Cl)(Cl)Cl)n(CCO[Si](C)(C)C(C)(C)C)n1. The number of halogens is 3. The number of hydrogen-bond donors (Lipinski definition) is 1. The van der Waals surface area contributed by atoms with Gasteiger partial charge in [-0.2, -0.15) is 5.10 Å². The van der Waals surface area contributed by atoms with E-state index in [0.717, 1.165) is 5.69 Å². The van der Waals surface area contributed by atoms with Gasteiger partial charge < -0.3 is 9.16 Å². The van der Waals surface area contributed by atoms with Crippen LogP contribution in [-0.2, 0) is 21.1 Å². The molecular weight excluding hydrogens is 441 g/mol. The number of hydrogen-bond acceptors (Lipinski definition) is 4. The summed E-state index contributed by atoms with van der Waals surface area (Å²) >= 11 is 16.9. The van der Waals surface area contributed by atoms with Crippen LogP contribution in [0.3, 0.4) is 0 Å². The number of nitrogens with zero attached hydrogens (tertiary/aromatic N) is 2. The molecule has 1 rings (SSSR count). The molecule has 0 saturated carbocycles. The van der Waals surface area contributed by atoms with Gasteiger partial charge in [0.25, 0.3) is 0 Å². The zero-order valence-electron chi connectivity index (χ0n) is 18.0. The first-order chi connectivity index (χ1) is 12.4. The van der Waals surface area contributed by atoms with Gasteiger partial charge in [-0.15, -0.1) is 0 Å². The Kier molecular flexibility index (Phi) is 8.33. The summed E-state index contributed by atoms with van der Waals surface area (Å²) < 4.78 is 11.2. The smallest absolute Gasteiger partial charge is 0.412 e. The maximum Gasteiger partial charge on any atom is 0.412 e. The minimum absolute atomic E-state index is 0.121. The maximum absolute atomic E-state index is 12.1. The number of ether oxygens (including phenoxy) is 1. The van der Waals surface area contributed by atoms with E-state index in [9.17, 15) is 4.79 Å². The van der Waals surface area contributed by atoms with Crippen LogP contribution in [0.1, 0.15) is 47.2 Å². The second-order valence-corrected chi connectivity index (χ2v) is 16.6. The number of nitrogens with one attached hydrogen (secondary N) is 1. The van der Waals surface area contributed by atoms with Gasteiger partial charge in [0.05, 0.1) is 18.8 Å². The highest BCUT2D eigenvalue weighted by Gasteiger charge is 2.37. The van der Waals surface area contributed by atoms with Crippen molar-refractivity contribution >= 4 is 55.0 Å². The van der Waals surface area contributed by atoms with Gasteiger partial charge in [-0.05, 0) is 18.1 Å². The maximum atomic E-state index is 12.1. The molecule has 1 aromatic rings. The summed E-state index contributed by atoms with van der Waals surface area (Å²) in [6.45, 7) is 17.8. The quantitative estimate of drug-likeness (QED) is 0.400. The molecule has 0 fully saturated rings. The van der Waals surface area contributed by atoms with Crippen LogP contribution in [0.2, 0.25) is 18.1 Å². The van der Waals surface area contributed by atoms with Crippen molar-refractivity contribution in [2.75, 3.05) is 18.5 Å². The second kappa shape index (κ2) is 9.12. The largest absolute Gasteiger partial charge is 0.445 e. The number of anilines is 1. The number of aromatic nitrogens is 2. The number of alkyl halides is 3. The molecule has 0 unspecified atom stereocenters. The van der Waals surface area contributed by atoms with Gasteiger partial charge in [-0.1, -0.05) is 76.3 Å². The standard InChI is InChI=1S/C18H32Cl3N3O3Si/c1-16(2,3)13-11-14(22-15(25)26-12-18(19,20)21)24(23-13)9-10-27-28(7,8)17(4,5)6/h11H,9-10,12H2,1-8H3,(H,22,25). The fraction of sp³-hybridized carbons (Fsp3) is 0.778. The Bertz CT molecular complexity index is 674. The molecule has 6 nitrogen and oxygen atoms in total. The van der Waals surface area contributed by atoms with E-state index in [2.05, 4.69) is 65.1 Å². The molecule has 1 amide bonds. The average Bonchev–Trinajstić information content (AvgIpc) is 2.86. The van der Waals surface area contributed by atoms with Crippen LogP contribution in [0.4, 0.5) is 10.6 Å². The minimum Gasteiger partial charge on any atom is -0.445 e. The zero-order valence-corrected chi connectivity index (χ0v) is 21.2. The molecule has 10 heteroatoms. The summed E-state index contributed by atoms with van der Waals surface area (Å²) in [6.07, 6.45) is -0.710. The molecule has 0 aliphatic carbocycles. The van der Waals surface area contributed by atoms with Crippen molar-refractivity contribution in [1.29, 1.82) is 0 Å². The van der Waals surface area contributed by atoms with Crippen LogP contribution < -0.4 is 5.32 Å². The lowest BCUT2D eigenvalue weighted by Crippen LogP contribution is -2.41. The molecule has 1 aromatic heterocycles. The molecule has 0 bridgehead atoms. The van der Waals surface area contributed by atoms with Crippen molar-refractivity contribution in [3.8, 4) is 0 Å². The molecule has 1 N–H and O–H groups in total. The third kappa shape index (κ3) is 8.11. The molecule has 0 saturated heterocycles. The van der Waals surface area contributed by atoms with E-state index < -0.39 is 18.2 Å². The summed E-state index contributed by atoms with van der Waals surface area (Å²) in [5, 5.41) is 7.42. The van der Waals surface area contributed by atoms with Crippen molar-refractivity contribution in [3.63, 3.8) is 0 Å². The van der Waals surface area contributed by atoms with Crippen molar-refractivity contribution in [3.05, 3.63) is 11.8 Å². The van der Waals surface area contributed by atoms with Crippen LogP contribution >= 0.6 is 34.8 Å². The highest BCUT2D eigenvalue weighted by molar-refractivity contribution is 6.74. The lowest BCUT2D eigenvalue weighted by Gasteiger charge is -2.36. The fourth-order valence-electron chi connectivity index (χ4n) is 1.95. The number of carbonyl (C=O) groups excluding carboxylic acids is 1. The van der Waals surface area contributed by atoms with E-state index in [1.807, 2.05) is 6.07 Å². The Balaban J connectivity index is 2.89. The fourth-order valence-corrected chi connectivity index (χ4v) is 3.14. The van der Waals surface area contributed by atoms with Crippen molar-refractivity contribution in [1.82, 2.24) is 9.78 Å². The first-order valence-corrected chi connectivity index (χ1v) is 13.2. The van der Waals surface area contributed by atoms with Crippen LogP contribution in [0, 0.1) is 0 Å². The molecule has 28 heavy (non-hydrogen) atoms. The van der Waals surface area contributed by atoms with Crippen LogP contribution in [-0.4, -0.2) is 41.2 Å². The third-order valence-electron chi connectivity index (χ3n) is 4.72. The second-order valence-electron chi connectivity index (χ2n) is 9.31. The van der Waals surface area contributed by atoms with E-state index >= 15 is 0 Å². The first-order valence-electron chi connectivity index (χ1n) is 9.15. The predicted octanol–water partition coefficient (Wildman–Crippen LogP) is 6.12. The van der Waals surface area contributed by atoms with Crippen LogP contribution in [0.5, 0.6) is 0 Å². The topological polar surface area (TPSA) is 65.4 Å². The van der Waals surface area contributed by atoms with Gasteiger partial charge in [0, 0.05) is 11.5 Å². The summed E-state index contributed by atoms with van der Waals surface area (Å²) in [7, 11) is -1.87. The highest BCUT2D eigenvalue weighted by atomic mass is 35.6. The Labute approximate surface area is 184 Å². The number of amides is 1. The normalized spacial score (nSPS) is 13.5. The van der Waals surface area contributed by atoms with Gasteiger partial charge in [-0.25, -0.2) is 9.48 Å². The van der Waals surface area contributed by atoms with Gasteiger partial charge in [0.1, 0.15) is 12.4 Å². The highest BCUT2D eigenvalue weighted by Crippen LogP contribution is 2.36. The lowest BCUT2D eigenvalue weighted by atomic mass is 9.92. The molecule has 0 aliphatic heterocycles. The predicted molar refractivity (Wildman–Crippen MR) is 119 cm³/mol. The molecule has 0 atom stereocenters. The van der Waals surface area contributed by atoms with Crippen LogP contribution in [0.15, 0.2) is 6.07 Å². The molecule has 162 valence electrons. The number of carbonyl (C=O) groups is 1. The van der Waals surface area contributed by atoms with Crippen LogP contribution in [0.25, 0.3) is 0 Å². The third-order valence-corrected chi connectivity index (χ3v) is 9.58. The molecule has 0 aliphatic rings. The molecule has 0 radical (unpaired) electrons. The van der Waals surface area contributed by atoms with E-state index in [1.165, 1.54) is 0 Å². The summed E-state index contributed by atoms with van der Waals surface area (Å²) in [4.78, 5) is 12.1. The summed E-state index contributed by atoms with van der Waals surface area (Å²) in [5.74, 6) is 0.512. The van der Waals surface area contributed by atoms with Crippen molar-refractivity contribution in [2.45, 2.75) is 75.4 Å². The summed E-state index contributed by atoms with van der Waals surface area (Å²) in [6, 6.07) is 1.82. The molecule has 0 aromatic carbocycles. The monoisotopic (exact) mass is 471 g/mol. The Morgan fingerprint density at radius 3 is 2.21 bits per heavy atom. The zero-order chi connectivity index (χ0) is 22.0. The molecular formula is C18H32Cl3N3O3Si. The average molecular weight is 473 g/mol. The van der Waals surface area contributed by atoms with Gasteiger partial charge in [-0.3, -0.25) is 5.32 Å². The van der Waals surface area contributed by atoms with Crippen molar-refractivity contribution < 1.29 is 14.0 Å². The molecule has 1 heterocycles. The van der Waals surface area contributed by atoms with Gasteiger partial charge in [0.15, 0.2) is 8.32 Å². The van der Waals surface area contributed by atoms with Crippen molar-refractivity contribution in [2.24, 2.45) is 0 Å². The molecule has 0 spiro atoms. The van der Waals surface area contributed by atoms with E-state index in [1.54, 1.807) is 4.68 Å². The van der Waals surface area contributed by atoms with E-state index in [4.69, 9.17) is 44.0 Å².